The van der Waals surface area contributed by atoms with Gasteiger partial charge < -0.3 is 5.11 Å². The predicted octanol–water partition coefficient (Wildman–Crippen LogP) is 3.10. The third-order valence-corrected chi connectivity index (χ3v) is 8.90. The van der Waals surface area contributed by atoms with E-state index in [0.717, 1.165) is 25.7 Å². The zero-order valence-corrected chi connectivity index (χ0v) is 15.6. The number of carbonyl (C=O) groups excluding carboxylic acids is 3. The lowest BCUT2D eigenvalue weighted by Gasteiger charge is -2.60. The molecule has 0 saturated heterocycles. The van der Waals surface area contributed by atoms with Gasteiger partial charge in [-0.15, -0.1) is 0 Å². The van der Waals surface area contributed by atoms with E-state index in [1.54, 1.807) is 0 Å². The molecule has 4 nitrogen and oxygen atoms in total. The van der Waals surface area contributed by atoms with Crippen LogP contribution in [-0.2, 0) is 14.4 Å². The molecule has 0 aromatic heterocycles. The Morgan fingerprint density at radius 1 is 1.08 bits per heavy atom. The Morgan fingerprint density at radius 3 is 2.48 bits per heavy atom. The molecule has 138 valence electrons. The van der Waals surface area contributed by atoms with Crippen LogP contribution in [0.25, 0.3) is 0 Å². The summed E-state index contributed by atoms with van der Waals surface area (Å²) in [5, 5.41) is 10.7. The van der Waals surface area contributed by atoms with Crippen molar-refractivity contribution in [3.05, 3.63) is 0 Å². The van der Waals surface area contributed by atoms with Gasteiger partial charge in [-0.1, -0.05) is 13.8 Å². The lowest BCUT2D eigenvalue weighted by Crippen LogP contribution is -2.59. The van der Waals surface area contributed by atoms with Crippen LogP contribution in [0.3, 0.4) is 0 Å². The summed E-state index contributed by atoms with van der Waals surface area (Å²) in [6.07, 6.45) is 5.52. The van der Waals surface area contributed by atoms with Gasteiger partial charge in [0.15, 0.2) is 5.78 Å². The number of ketones is 3. The van der Waals surface area contributed by atoms with Gasteiger partial charge in [0.05, 0.1) is 0 Å². The van der Waals surface area contributed by atoms with Crippen LogP contribution in [0.5, 0.6) is 0 Å². The van der Waals surface area contributed by atoms with Crippen LogP contribution < -0.4 is 0 Å². The predicted molar refractivity (Wildman–Crippen MR) is 92.8 cm³/mol. The Balaban J connectivity index is 1.67. The Morgan fingerprint density at radius 2 is 1.80 bits per heavy atom. The Hall–Kier alpha value is -1.03. The van der Waals surface area contributed by atoms with Crippen molar-refractivity contribution in [2.45, 2.75) is 77.7 Å². The van der Waals surface area contributed by atoms with E-state index in [2.05, 4.69) is 13.8 Å². The summed E-state index contributed by atoms with van der Waals surface area (Å²) >= 11 is 0. The normalized spacial score (nSPS) is 52.3. The number of hydrogen-bond donors (Lipinski definition) is 1. The zero-order valence-electron chi connectivity index (χ0n) is 15.6. The van der Waals surface area contributed by atoms with Crippen LogP contribution in [0.15, 0.2) is 0 Å². The number of rotatable bonds is 1. The molecule has 4 rings (SSSR count). The third-order valence-electron chi connectivity index (χ3n) is 8.90. The van der Waals surface area contributed by atoms with E-state index in [0.29, 0.717) is 37.4 Å². The summed E-state index contributed by atoms with van der Waals surface area (Å²) in [6.45, 7) is 5.83. The molecule has 1 N–H and O–H groups in total. The summed E-state index contributed by atoms with van der Waals surface area (Å²) in [5.74, 6) is 1.08. The van der Waals surface area contributed by atoms with E-state index in [4.69, 9.17) is 0 Å². The molecule has 0 bridgehead atoms. The second-order valence-corrected chi connectivity index (χ2v) is 9.82. The van der Waals surface area contributed by atoms with Crippen molar-refractivity contribution in [3.8, 4) is 0 Å². The Bertz CT molecular complexity index is 654. The smallest absolute Gasteiger partial charge is 0.161 e. The van der Waals surface area contributed by atoms with Gasteiger partial charge in [0.2, 0.25) is 0 Å². The quantitative estimate of drug-likeness (QED) is 0.792. The number of hydrogen-bond acceptors (Lipinski definition) is 4. The summed E-state index contributed by atoms with van der Waals surface area (Å²) in [4.78, 5) is 37.5. The SMILES string of the molecule is CC(=O)[C@]1(O)CC[C@@]2(C)[C@@H](CC(=O)[C@@H]3[C@H]4CCC(=O)[C@@]4(C)CC[C@@H]32)C1. The molecule has 0 heterocycles. The van der Waals surface area contributed by atoms with Gasteiger partial charge in [0.1, 0.15) is 17.2 Å². The summed E-state index contributed by atoms with van der Waals surface area (Å²) < 4.78 is 0. The van der Waals surface area contributed by atoms with Crippen LogP contribution in [-0.4, -0.2) is 28.1 Å². The minimum Gasteiger partial charge on any atom is -0.382 e. The molecule has 4 saturated carbocycles. The number of carbonyl (C=O) groups is 3. The van der Waals surface area contributed by atoms with E-state index in [1.165, 1.54) is 6.92 Å². The first-order chi connectivity index (χ1) is 11.6. The molecule has 4 aliphatic carbocycles. The summed E-state index contributed by atoms with van der Waals surface area (Å²) in [5.41, 5.74) is -1.54. The molecule has 0 spiro atoms. The molecular weight excluding hydrogens is 316 g/mol. The highest BCUT2D eigenvalue weighted by Gasteiger charge is 2.64. The van der Waals surface area contributed by atoms with E-state index < -0.39 is 5.60 Å². The van der Waals surface area contributed by atoms with Gasteiger partial charge in [-0.25, -0.2) is 0 Å². The lowest BCUT2D eigenvalue weighted by atomic mass is 9.44. The number of fused-ring (bicyclic) bond motifs is 5. The van der Waals surface area contributed by atoms with Crippen molar-refractivity contribution < 1.29 is 19.5 Å². The first-order valence-corrected chi connectivity index (χ1v) is 9.91. The number of aliphatic hydroxyl groups is 1. The fourth-order valence-corrected chi connectivity index (χ4v) is 7.02. The van der Waals surface area contributed by atoms with Crippen LogP contribution in [0, 0.1) is 34.5 Å². The third kappa shape index (κ3) is 2.19. The molecule has 7 atom stereocenters. The monoisotopic (exact) mass is 346 g/mol. The number of Topliss-reactive ketones (excluding diaryl/α,β-unsaturated/α-hetero) is 3. The maximum atomic E-state index is 13.1. The van der Waals surface area contributed by atoms with E-state index in [-0.39, 0.29) is 40.2 Å². The average Bonchev–Trinajstić information content (AvgIpc) is 2.85. The van der Waals surface area contributed by atoms with Crippen LogP contribution in [0.2, 0.25) is 0 Å². The van der Waals surface area contributed by atoms with Crippen LogP contribution in [0.1, 0.15) is 72.1 Å². The molecule has 0 aromatic rings. The highest BCUT2D eigenvalue weighted by atomic mass is 16.3. The van der Waals surface area contributed by atoms with Gasteiger partial charge in [-0.2, -0.15) is 0 Å². The fraction of sp³-hybridized carbons (Fsp3) is 0.857. The van der Waals surface area contributed by atoms with Gasteiger partial charge in [0, 0.05) is 24.2 Å². The first-order valence-electron chi connectivity index (χ1n) is 9.91. The van der Waals surface area contributed by atoms with Crippen molar-refractivity contribution >= 4 is 17.3 Å². The second kappa shape index (κ2) is 5.25. The van der Waals surface area contributed by atoms with Crippen molar-refractivity contribution in [2.24, 2.45) is 34.5 Å². The molecule has 0 aliphatic heterocycles. The van der Waals surface area contributed by atoms with E-state index >= 15 is 0 Å². The van der Waals surface area contributed by atoms with E-state index in [1.807, 2.05) is 0 Å². The van der Waals surface area contributed by atoms with Gasteiger partial charge in [-0.3, -0.25) is 14.4 Å². The molecular formula is C21H30O4. The topological polar surface area (TPSA) is 71.4 Å². The molecule has 0 unspecified atom stereocenters. The molecule has 0 amide bonds. The molecule has 4 heteroatoms. The van der Waals surface area contributed by atoms with Crippen LogP contribution >= 0.6 is 0 Å². The molecule has 4 aliphatic rings. The van der Waals surface area contributed by atoms with Crippen molar-refractivity contribution in [1.29, 1.82) is 0 Å². The minimum atomic E-state index is -1.25. The highest BCUT2D eigenvalue weighted by Crippen LogP contribution is 2.65. The summed E-state index contributed by atoms with van der Waals surface area (Å²) in [6, 6.07) is 0. The van der Waals surface area contributed by atoms with Crippen LogP contribution in [0.4, 0.5) is 0 Å². The van der Waals surface area contributed by atoms with Crippen molar-refractivity contribution in [3.63, 3.8) is 0 Å². The fourth-order valence-electron chi connectivity index (χ4n) is 7.02. The maximum absolute atomic E-state index is 13.1. The standard InChI is InChI=1S/C21H30O4/c1-12(22)21(25)9-8-19(2)13(11-21)10-16(23)18-14-4-5-17(24)20(14,3)7-6-15(18)19/h13-15,18,25H,4-11H2,1-3H3/t13-,14+,15-,18+,19-,20-,21-/m0/s1. The van der Waals surface area contributed by atoms with E-state index in [9.17, 15) is 19.5 Å². The average molecular weight is 346 g/mol. The Labute approximate surface area is 149 Å². The molecule has 25 heavy (non-hydrogen) atoms. The minimum absolute atomic E-state index is 0.00717. The molecule has 0 radical (unpaired) electrons. The van der Waals surface area contributed by atoms with Crippen molar-refractivity contribution in [2.75, 3.05) is 0 Å². The van der Waals surface area contributed by atoms with Gasteiger partial charge >= 0.3 is 0 Å². The van der Waals surface area contributed by atoms with Gasteiger partial charge in [-0.05, 0) is 68.6 Å². The zero-order chi connectivity index (χ0) is 18.2. The lowest BCUT2D eigenvalue weighted by molar-refractivity contribution is -0.172. The maximum Gasteiger partial charge on any atom is 0.161 e. The van der Waals surface area contributed by atoms with Crippen molar-refractivity contribution in [1.82, 2.24) is 0 Å². The summed E-state index contributed by atoms with van der Waals surface area (Å²) in [7, 11) is 0. The largest absolute Gasteiger partial charge is 0.382 e. The highest BCUT2D eigenvalue weighted by molar-refractivity contribution is 5.91. The second-order valence-electron chi connectivity index (χ2n) is 9.82. The molecule has 4 fully saturated rings. The Kier molecular flexibility index (Phi) is 3.65. The molecule has 0 aromatic carbocycles. The first kappa shape index (κ1) is 17.4. The van der Waals surface area contributed by atoms with Gasteiger partial charge in [0.25, 0.3) is 0 Å².